The van der Waals surface area contributed by atoms with Crippen molar-refractivity contribution >= 4 is 5.91 Å². The van der Waals surface area contributed by atoms with Crippen molar-refractivity contribution in [3.8, 4) is 0 Å². The molecule has 0 aromatic heterocycles. The molecular formula is C13H25NO3. The van der Waals surface area contributed by atoms with E-state index < -0.39 is 0 Å². The van der Waals surface area contributed by atoms with Gasteiger partial charge in [-0.15, -0.1) is 0 Å². The first-order valence-electron chi connectivity index (χ1n) is 6.63. The van der Waals surface area contributed by atoms with Crippen LogP contribution in [0.15, 0.2) is 0 Å². The molecule has 17 heavy (non-hydrogen) atoms. The monoisotopic (exact) mass is 243 g/mol. The molecule has 0 aliphatic carbocycles. The van der Waals surface area contributed by atoms with Gasteiger partial charge in [-0.2, -0.15) is 0 Å². The Bertz CT molecular complexity index is 239. The highest BCUT2D eigenvalue weighted by molar-refractivity contribution is 5.77. The van der Waals surface area contributed by atoms with E-state index in [2.05, 4.69) is 5.32 Å². The van der Waals surface area contributed by atoms with Crippen LogP contribution in [-0.4, -0.2) is 35.9 Å². The molecule has 2 unspecified atom stereocenters. The third-order valence-corrected chi connectivity index (χ3v) is 3.57. The highest BCUT2D eigenvalue weighted by Crippen LogP contribution is 2.18. The lowest BCUT2D eigenvalue weighted by Gasteiger charge is -2.30. The fourth-order valence-electron chi connectivity index (χ4n) is 2.14. The molecule has 1 fully saturated rings. The second-order valence-electron chi connectivity index (χ2n) is 5.13. The first-order valence-corrected chi connectivity index (χ1v) is 6.63. The maximum atomic E-state index is 11.9. The molecule has 0 spiro atoms. The van der Waals surface area contributed by atoms with Crippen molar-refractivity contribution in [2.24, 2.45) is 0 Å². The van der Waals surface area contributed by atoms with E-state index in [1.54, 1.807) is 0 Å². The number of aliphatic hydroxyl groups excluding tert-OH is 1. The van der Waals surface area contributed by atoms with Gasteiger partial charge in [-0.05, 0) is 39.0 Å². The van der Waals surface area contributed by atoms with Gasteiger partial charge in [-0.1, -0.05) is 6.92 Å². The van der Waals surface area contributed by atoms with Gasteiger partial charge in [0.05, 0.1) is 12.5 Å². The average molecular weight is 243 g/mol. The minimum absolute atomic E-state index is 0.0368. The predicted octanol–water partition coefficient (Wildman–Crippen LogP) is 1.61. The summed E-state index contributed by atoms with van der Waals surface area (Å²) in [4.78, 5) is 11.9. The van der Waals surface area contributed by atoms with Crippen LogP contribution in [0, 0.1) is 0 Å². The standard InChI is InChI=1S/C13H25NO3/c1-3-13(2,7-8-15)14-12(16)10-11-6-4-5-9-17-11/h11,15H,3-10H2,1-2H3,(H,14,16). The summed E-state index contributed by atoms with van der Waals surface area (Å²) in [5.41, 5.74) is -0.291. The molecule has 0 aromatic carbocycles. The topological polar surface area (TPSA) is 58.6 Å². The number of carbonyl (C=O) groups is 1. The van der Waals surface area contributed by atoms with Crippen LogP contribution >= 0.6 is 0 Å². The molecule has 4 heteroatoms. The number of hydrogen-bond acceptors (Lipinski definition) is 3. The molecule has 0 aromatic rings. The van der Waals surface area contributed by atoms with E-state index in [4.69, 9.17) is 9.84 Å². The Labute approximate surface area is 104 Å². The molecule has 0 radical (unpaired) electrons. The van der Waals surface area contributed by atoms with E-state index in [0.717, 1.165) is 32.3 Å². The van der Waals surface area contributed by atoms with Crippen molar-refractivity contribution in [2.75, 3.05) is 13.2 Å². The molecule has 1 amide bonds. The van der Waals surface area contributed by atoms with Gasteiger partial charge in [0.15, 0.2) is 0 Å². The number of carbonyl (C=O) groups excluding carboxylic acids is 1. The van der Waals surface area contributed by atoms with Crippen LogP contribution in [-0.2, 0) is 9.53 Å². The number of rotatable bonds is 6. The van der Waals surface area contributed by atoms with Gasteiger partial charge >= 0.3 is 0 Å². The minimum atomic E-state index is -0.291. The van der Waals surface area contributed by atoms with Gasteiger partial charge in [-0.25, -0.2) is 0 Å². The van der Waals surface area contributed by atoms with Gasteiger partial charge in [0.2, 0.25) is 5.91 Å². The number of nitrogens with one attached hydrogen (secondary N) is 1. The average Bonchev–Trinajstić information content (AvgIpc) is 2.30. The van der Waals surface area contributed by atoms with Crippen LogP contribution in [0.4, 0.5) is 0 Å². The molecule has 2 atom stereocenters. The number of aliphatic hydroxyl groups is 1. The van der Waals surface area contributed by atoms with Crippen LogP contribution in [0.2, 0.25) is 0 Å². The summed E-state index contributed by atoms with van der Waals surface area (Å²) in [7, 11) is 0. The Morgan fingerprint density at radius 1 is 1.53 bits per heavy atom. The molecule has 0 bridgehead atoms. The second-order valence-corrected chi connectivity index (χ2v) is 5.13. The zero-order chi connectivity index (χ0) is 12.7. The molecule has 1 saturated heterocycles. The molecule has 0 saturated carbocycles. The lowest BCUT2D eigenvalue weighted by atomic mass is 9.94. The summed E-state index contributed by atoms with van der Waals surface area (Å²) in [6, 6.07) is 0. The SMILES string of the molecule is CCC(C)(CCO)NC(=O)CC1CCCCO1. The van der Waals surface area contributed by atoms with E-state index in [9.17, 15) is 4.79 Å². The third-order valence-electron chi connectivity index (χ3n) is 3.57. The summed E-state index contributed by atoms with van der Waals surface area (Å²) in [5, 5.41) is 12.0. The summed E-state index contributed by atoms with van der Waals surface area (Å²) in [6.45, 7) is 4.88. The van der Waals surface area contributed by atoms with Crippen molar-refractivity contribution in [3.05, 3.63) is 0 Å². The molecule has 1 heterocycles. The van der Waals surface area contributed by atoms with Crippen LogP contribution in [0.3, 0.4) is 0 Å². The fraction of sp³-hybridized carbons (Fsp3) is 0.923. The second kappa shape index (κ2) is 6.97. The predicted molar refractivity (Wildman–Crippen MR) is 66.7 cm³/mol. The number of amides is 1. The Balaban J connectivity index is 2.36. The van der Waals surface area contributed by atoms with Crippen molar-refractivity contribution < 1.29 is 14.6 Å². The Morgan fingerprint density at radius 3 is 2.82 bits per heavy atom. The smallest absolute Gasteiger partial charge is 0.223 e. The minimum Gasteiger partial charge on any atom is -0.396 e. The van der Waals surface area contributed by atoms with E-state index in [1.165, 1.54) is 0 Å². The Hall–Kier alpha value is -0.610. The molecule has 4 nitrogen and oxygen atoms in total. The first kappa shape index (κ1) is 14.5. The van der Waals surface area contributed by atoms with Crippen LogP contribution in [0.1, 0.15) is 52.4 Å². The van der Waals surface area contributed by atoms with E-state index in [-0.39, 0.29) is 24.2 Å². The molecule has 1 aliphatic heterocycles. The highest BCUT2D eigenvalue weighted by Gasteiger charge is 2.25. The van der Waals surface area contributed by atoms with Crippen LogP contribution in [0.5, 0.6) is 0 Å². The molecule has 2 N–H and O–H groups in total. The summed E-state index contributed by atoms with van der Waals surface area (Å²) >= 11 is 0. The summed E-state index contributed by atoms with van der Waals surface area (Å²) in [6.07, 6.45) is 5.19. The zero-order valence-corrected chi connectivity index (χ0v) is 11.0. The van der Waals surface area contributed by atoms with Gasteiger partial charge in [0.25, 0.3) is 0 Å². The molecule has 1 aliphatic rings. The number of hydrogen-bond donors (Lipinski definition) is 2. The maximum absolute atomic E-state index is 11.9. The van der Waals surface area contributed by atoms with Crippen molar-refractivity contribution in [1.82, 2.24) is 5.32 Å². The lowest BCUT2D eigenvalue weighted by molar-refractivity contribution is -0.126. The Morgan fingerprint density at radius 2 is 2.29 bits per heavy atom. The maximum Gasteiger partial charge on any atom is 0.223 e. The van der Waals surface area contributed by atoms with Crippen LogP contribution < -0.4 is 5.32 Å². The van der Waals surface area contributed by atoms with Crippen molar-refractivity contribution in [2.45, 2.75) is 64.0 Å². The van der Waals surface area contributed by atoms with E-state index in [0.29, 0.717) is 12.8 Å². The normalized spacial score (nSPS) is 24.1. The van der Waals surface area contributed by atoms with E-state index in [1.807, 2.05) is 13.8 Å². The highest BCUT2D eigenvalue weighted by atomic mass is 16.5. The van der Waals surface area contributed by atoms with Gasteiger partial charge < -0.3 is 15.2 Å². The van der Waals surface area contributed by atoms with Gasteiger partial charge in [0, 0.05) is 18.8 Å². The first-order chi connectivity index (χ1) is 8.09. The van der Waals surface area contributed by atoms with Crippen LogP contribution in [0.25, 0.3) is 0 Å². The zero-order valence-electron chi connectivity index (χ0n) is 11.0. The fourth-order valence-corrected chi connectivity index (χ4v) is 2.14. The largest absolute Gasteiger partial charge is 0.396 e. The van der Waals surface area contributed by atoms with Gasteiger partial charge in [-0.3, -0.25) is 4.79 Å². The number of ether oxygens (including phenoxy) is 1. The van der Waals surface area contributed by atoms with Crippen molar-refractivity contribution in [3.63, 3.8) is 0 Å². The molecule has 100 valence electrons. The lowest BCUT2D eigenvalue weighted by Crippen LogP contribution is -2.47. The van der Waals surface area contributed by atoms with E-state index >= 15 is 0 Å². The third kappa shape index (κ3) is 5.04. The summed E-state index contributed by atoms with van der Waals surface area (Å²) in [5.74, 6) is 0.0368. The van der Waals surface area contributed by atoms with Gasteiger partial charge in [0.1, 0.15) is 0 Å². The molecule has 1 rings (SSSR count). The van der Waals surface area contributed by atoms with Crippen molar-refractivity contribution in [1.29, 1.82) is 0 Å². The molecular weight excluding hydrogens is 218 g/mol. The quantitative estimate of drug-likeness (QED) is 0.745. The summed E-state index contributed by atoms with van der Waals surface area (Å²) < 4.78 is 5.55. The Kier molecular flexibility index (Phi) is 5.92.